The molecule has 1 nitrogen and oxygen atoms in total. The van der Waals surface area contributed by atoms with Gasteiger partial charge in [-0.15, -0.1) is 0 Å². The minimum absolute atomic E-state index is 0.552. The lowest BCUT2D eigenvalue weighted by molar-refractivity contribution is 0.0700. The molecule has 0 bridgehead atoms. The molecule has 0 spiro atoms. The fourth-order valence-electron chi connectivity index (χ4n) is 1.51. The van der Waals surface area contributed by atoms with Gasteiger partial charge < -0.3 is 5.11 Å². The summed E-state index contributed by atoms with van der Waals surface area (Å²) in [5, 5.41) is 9.90. The second-order valence-electron chi connectivity index (χ2n) is 3.69. The first-order valence-corrected chi connectivity index (χ1v) is 4.19. The molecule has 1 N–H and O–H groups in total. The van der Waals surface area contributed by atoms with Gasteiger partial charge in [-0.1, -0.05) is 38.2 Å². The first-order valence-electron chi connectivity index (χ1n) is 4.19. The van der Waals surface area contributed by atoms with Gasteiger partial charge in [0.15, 0.2) is 0 Å². The van der Waals surface area contributed by atoms with Crippen molar-refractivity contribution in [2.24, 2.45) is 5.92 Å². The predicted octanol–water partition coefficient (Wildman–Crippen LogP) is 2.28. The SMILES string of the molecule is CC(C)CC1(O)C=CC=CC1. The molecule has 0 saturated carbocycles. The average Bonchev–Trinajstić information content (AvgIpc) is 1.85. The Kier molecular flexibility index (Phi) is 2.50. The van der Waals surface area contributed by atoms with E-state index in [1.165, 1.54) is 0 Å². The summed E-state index contributed by atoms with van der Waals surface area (Å²) in [5.41, 5.74) is -0.567. The summed E-state index contributed by atoms with van der Waals surface area (Å²) in [6.45, 7) is 4.26. The zero-order valence-corrected chi connectivity index (χ0v) is 7.25. The van der Waals surface area contributed by atoms with E-state index in [-0.39, 0.29) is 0 Å². The molecular weight excluding hydrogens is 136 g/mol. The lowest BCUT2D eigenvalue weighted by atomic mass is 9.87. The minimum Gasteiger partial charge on any atom is -0.385 e. The summed E-state index contributed by atoms with van der Waals surface area (Å²) in [6.07, 6.45) is 9.44. The molecule has 0 aromatic rings. The lowest BCUT2D eigenvalue weighted by Crippen LogP contribution is -2.28. The molecular formula is C10H16O. The Hall–Kier alpha value is -0.560. The van der Waals surface area contributed by atoms with Gasteiger partial charge in [0.05, 0.1) is 5.60 Å². The third-order valence-electron chi connectivity index (χ3n) is 1.89. The first-order chi connectivity index (χ1) is 5.12. The zero-order valence-electron chi connectivity index (χ0n) is 7.25. The van der Waals surface area contributed by atoms with Gasteiger partial charge in [0.25, 0.3) is 0 Å². The lowest BCUT2D eigenvalue weighted by Gasteiger charge is -2.26. The van der Waals surface area contributed by atoms with Crippen LogP contribution in [-0.4, -0.2) is 10.7 Å². The standard InChI is InChI=1S/C10H16O/c1-9(2)8-10(11)6-4-3-5-7-10/h3-6,9,11H,7-8H2,1-2H3. The van der Waals surface area contributed by atoms with Crippen molar-refractivity contribution in [1.82, 2.24) is 0 Å². The van der Waals surface area contributed by atoms with Crippen LogP contribution in [0, 0.1) is 5.92 Å². The number of hydrogen-bond donors (Lipinski definition) is 1. The van der Waals surface area contributed by atoms with Crippen LogP contribution in [0.1, 0.15) is 26.7 Å². The van der Waals surface area contributed by atoms with Crippen molar-refractivity contribution in [3.63, 3.8) is 0 Å². The molecule has 11 heavy (non-hydrogen) atoms. The molecule has 1 rings (SSSR count). The van der Waals surface area contributed by atoms with Crippen LogP contribution < -0.4 is 0 Å². The molecule has 0 fully saturated rings. The van der Waals surface area contributed by atoms with Gasteiger partial charge in [0.2, 0.25) is 0 Å². The molecule has 62 valence electrons. The van der Waals surface area contributed by atoms with Crippen LogP contribution in [0.4, 0.5) is 0 Å². The van der Waals surface area contributed by atoms with Crippen molar-refractivity contribution in [3.05, 3.63) is 24.3 Å². The van der Waals surface area contributed by atoms with E-state index in [4.69, 9.17) is 0 Å². The highest BCUT2D eigenvalue weighted by molar-refractivity contribution is 5.17. The average molecular weight is 152 g/mol. The van der Waals surface area contributed by atoms with E-state index in [0.717, 1.165) is 12.8 Å². The van der Waals surface area contributed by atoms with E-state index in [0.29, 0.717) is 5.92 Å². The fraction of sp³-hybridized carbons (Fsp3) is 0.600. The quantitative estimate of drug-likeness (QED) is 0.643. The second-order valence-corrected chi connectivity index (χ2v) is 3.69. The largest absolute Gasteiger partial charge is 0.385 e. The van der Waals surface area contributed by atoms with Crippen LogP contribution in [0.25, 0.3) is 0 Å². The van der Waals surface area contributed by atoms with Crippen molar-refractivity contribution in [2.75, 3.05) is 0 Å². The molecule has 0 radical (unpaired) electrons. The van der Waals surface area contributed by atoms with E-state index in [1.807, 2.05) is 24.3 Å². The highest BCUT2D eigenvalue weighted by Gasteiger charge is 2.23. The number of rotatable bonds is 2. The molecule has 1 aliphatic carbocycles. The van der Waals surface area contributed by atoms with Crippen LogP contribution in [0.15, 0.2) is 24.3 Å². The smallest absolute Gasteiger partial charge is 0.0867 e. The van der Waals surface area contributed by atoms with Crippen LogP contribution in [0.3, 0.4) is 0 Å². The Morgan fingerprint density at radius 2 is 2.18 bits per heavy atom. The van der Waals surface area contributed by atoms with Crippen LogP contribution in [0.5, 0.6) is 0 Å². The van der Waals surface area contributed by atoms with Crippen LogP contribution in [-0.2, 0) is 0 Å². The van der Waals surface area contributed by atoms with Crippen molar-refractivity contribution >= 4 is 0 Å². The number of hydrogen-bond acceptors (Lipinski definition) is 1. The molecule has 0 amide bonds. The summed E-state index contributed by atoms with van der Waals surface area (Å²) in [7, 11) is 0. The topological polar surface area (TPSA) is 20.2 Å². The Balaban J connectivity index is 2.54. The maximum Gasteiger partial charge on any atom is 0.0867 e. The van der Waals surface area contributed by atoms with Crippen molar-refractivity contribution in [3.8, 4) is 0 Å². The summed E-state index contributed by atoms with van der Waals surface area (Å²) >= 11 is 0. The van der Waals surface area contributed by atoms with Gasteiger partial charge in [-0.05, 0) is 18.8 Å². The highest BCUT2D eigenvalue weighted by atomic mass is 16.3. The Morgan fingerprint density at radius 1 is 1.45 bits per heavy atom. The molecule has 1 unspecified atom stereocenters. The van der Waals surface area contributed by atoms with Crippen LogP contribution in [0.2, 0.25) is 0 Å². The van der Waals surface area contributed by atoms with E-state index in [2.05, 4.69) is 13.8 Å². The molecule has 1 heteroatoms. The van der Waals surface area contributed by atoms with Gasteiger partial charge in [0, 0.05) is 0 Å². The van der Waals surface area contributed by atoms with Crippen LogP contribution >= 0.6 is 0 Å². The van der Waals surface area contributed by atoms with E-state index in [9.17, 15) is 5.11 Å². The van der Waals surface area contributed by atoms with Crippen molar-refractivity contribution in [2.45, 2.75) is 32.3 Å². The minimum atomic E-state index is -0.567. The molecule has 0 aromatic heterocycles. The van der Waals surface area contributed by atoms with Gasteiger partial charge in [0.1, 0.15) is 0 Å². The zero-order chi connectivity index (χ0) is 8.32. The summed E-state index contributed by atoms with van der Waals surface area (Å²) < 4.78 is 0. The van der Waals surface area contributed by atoms with E-state index in [1.54, 1.807) is 0 Å². The Morgan fingerprint density at radius 3 is 2.64 bits per heavy atom. The molecule has 0 saturated heterocycles. The fourth-order valence-corrected chi connectivity index (χ4v) is 1.51. The van der Waals surface area contributed by atoms with E-state index < -0.39 is 5.60 Å². The van der Waals surface area contributed by atoms with Gasteiger partial charge in [-0.2, -0.15) is 0 Å². The normalized spacial score (nSPS) is 29.8. The number of allylic oxidation sites excluding steroid dienone is 2. The third kappa shape index (κ3) is 2.51. The monoisotopic (exact) mass is 152 g/mol. The van der Waals surface area contributed by atoms with Gasteiger partial charge in [-0.3, -0.25) is 0 Å². The molecule has 0 aliphatic heterocycles. The van der Waals surface area contributed by atoms with Crippen molar-refractivity contribution < 1.29 is 5.11 Å². The second kappa shape index (κ2) is 3.22. The Bertz CT molecular complexity index is 179. The summed E-state index contributed by atoms with van der Waals surface area (Å²) in [4.78, 5) is 0. The predicted molar refractivity (Wildman–Crippen MR) is 47.3 cm³/mol. The highest BCUT2D eigenvalue weighted by Crippen LogP contribution is 2.24. The molecule has 0 heterocycles. The third-order valence-corrected chi connectivity index (χ3v) is 1.89. The first kappa shape index (κ1) is 8.54. The maximum absolute atomic E-state index is 9.90. The van der Waals surface area contributed by atoms with Gasteiger partial charge in [-0.25, -0.2) is 0 Å². The maximum atomic E-state index is 9.90. The molecule has 1 atom stereocenters. The van der Waals surface area contributed by atoms with E-state index >= 15 is 0 Å². The molecule has 0 aromatic carbocycles. The van der Waals surface area contributed by atoms with Crippen molar-refractivity contribution in [1.29, 1.82) is 0 Å². The summed E-state index contributed by atoms with van der Waals surface area (Å²) in [5.74, 6) is 0.552. The Labute approximate surface area is 68.4 Å². The van der Waals surface area contributed by atoms with Gasteiger partial charge >= 0.3 is 0 Å². The molecule has 1 aliphatic rings. The summed E-state index contributed by atoms with van der Waals surface area (Å²) in [6, 6.07) is 0. The number of aliphatic hydroxyl groups is 1.